The fourth-order valence-electron chi connectivity index (χ4n) is 1.53. The smallest absolute Gasteiger partial charge is 0.304 e. The van der Waals surface area contributed by atoms with Gasteiger partial charge in [-0.3, -0.25) is 4.79 Å². The van der Waals surface area contributed by atoms with E-state index in [1.165, 1.54) is 0 Å². The van der Waals surface area contributed by atoms with Gasteiger partial charge in [0.15, 0.2) is 0 Å². The molecule has 19 heavy (non-hydrogen) atoms. The summed E-state index contributed by atoms with van der Waals surface area (Å²) >= 11 is 6.92. The third kappa shape index (κ3) is 5.93. The zero-order valence-electron chi connectivity index (χ0n) is 10.7. The van der Waals surface area contributed by atoms with Crippen molar-refractivity contribution in [2.75, 3.05) is 13.2 Å². The van der Waals surface area contributed by atoms with Crippen molar-refractivity contribution < 1.29 is 14.6 Å². The zero-order chi connectivity index (χ0) is 14.3. The van der Waals surface area contributed by atoms with Crippen LogP contribution in [0.1, 0.15) is 25.3 Å². The molecule has 0 aliphatic heterocycles. The highest BCUT2D eigenvalue weighted by Gasteiger charge is 2.10. The largest absolute Gasteiger partial charge is 0.492 e. The Morgan fingerprint density at radius 2 is 2.16 bits per heavy atom. The van der Waals surface area contributed by atoms with Crippen LogP contribution in [0.3, 0.4) is 0 Å². The van der Waals surface area contributed by atoms with Crippen LogP contribution < -0.4 is 10.1 Å². The topological polar surface area (TPSA) is 58.6 Å². The van der Waals surface area contributed by atoms with E-state index in [1.54, 1.807) is 0 Å². The first-order chi connectivity index (χ1) is 9.04. The van der Waals surface area contributed by atoms with Gasteiger partial charge in [-0.05, 0) is 34.5 Å². The van der Waals surface area contributed by atoms with E-state index in [2.05, 4.69) is 44.1 Å². The summed E-state index contributed by atoms with van der Waals surface area (Å²) in [5.41, 5.74) is 1.00. The molecule has 1 rings (SSSR count). The Labute approximate surface area is 129 Å². The lowest BCUT2D eigenvalue weighted by Crippen LogP contribution is -2.18. The molecule has 1 aromatic carbocycles. The van der Waals surface area contributed by atoms with Crippen molar-refractivity contribution in [3.63, 3.8) is 0 Å². The monoisotopic (exact) mass is 393 g/mol. The van der Waals surface area contributed by atoms with Gasteiger partial charge in [0.05, 0.1) is 17.5 Å². The molecule has 0 aromatic heterocycles. The third-order valence-corrected chi connectivity index (χ3v) is 3.41. The normalized spacial score (nSPS) is 10.5. The summed E-state index contributed by atoms with van der Waals surface area (Å²) in [6, 6.07) is 3.91. The molecule has 0 saturated carbocycles. The SMILES string of the molecule is CCCOc1c(Br)cc(Br)cc1CNCCC(=O)O. The number of ether oxygens (including phenoxy) is 1. The zero-order valence-corrected chi connectivity index (χ0v) is 13.9. The summed E-state index contributed by atoms with van der Waals surface area (Å²) in [5, 5.41) is 11.7. The number of halogens is 2. The van der Waals surface area contributed by atoms with Crippen LogP contribution in [0, 0.1) is 0 Å². The van der Waals surface area contributed by atoms with Crippen molar-refractivity contribution in [1.29, 1.82) is 0 Å². The number of carbonyl (C=O) groups is 1. The molecule has 0 unspecified atom stereocenters. The number of carboxylic acid groups (broad SMARTS) is 1. The molecule has 0 spiro atoms. The Bertz CT molecular complexity index is 438. The fourth-order valence-corrected chi connectivity index (χ4v) is 2.96. The number of hydrogen-bond acceptors (Lipinski definition) is 3. The van der Waals surface area contributed by atoms with Gasteiger partial charge in [-0.25, -0.2) is 0 Å². The molecule has 2 N–H and O–H groups in total. The quantitative estimate of drug-likeness (QED) is 0.661. The minimum atomic E-state index is -0.801. The van der Waals surface area contributed by atoms with Gasteiger partial charge in [-0.2, -0.15) is 0 Å². The van der Waals surface area contributed by atoms with Gasteiger partial charge in [-0.15, -0.1) is 0 Å². The van der Waals surface area contributed by atoms with Gasteiger partial charge in [0.25, 0.3) is 0 Å². The first-order valence-corrected chi connectivity index (χ1v) is 7.66. The lowest BCUT2D eigenvalue weighted by molar-refractivity contribution is -0.136. The van der Waals surface area contributed by atoms with E-state index in [4.69, 9.17) is 9.84 Å². The second-order valence-corrected chi connectivity index (χ2v) is 5.81. The van der Waals surface area contributed by atoms with Gasteiger partial charge >= 0.3 is 5.97 Å². The molecule has 0 aliphatic carbocycles. The predicted octanol–water partition coefficient (Wildman–Crippen LogP) is 3.56. The average molecular weight is 395 g/mol. The Kier molecular flexibility index (Phi) is 7.41. The predicted molar refractivity (Wildman–Crippen MR) is 81.6 cm³/mol. The minimum absolute atomic E-state index is 0.111. The maximum absolute atomic E-state index is 10.4. The lowest BCUT2D eigenvalue weighted by atomic mass is 10.2. The summed E-state index contributed by atoms with van der Waals surface area (Å²) in [7, 11) is 0. The van der Waals surface area contributed by atoms with Crippen LogP contribution in [0.5, 0.6) is 5.75 Å². The molecule has 1 aromatic rings. The second kappa shape index (κ2) is 8.55. The van der Waals surface area contributed by atoms with Gasteiger partial charge in [0, 0.05) is 23.1 Å². The first-order valence-electron chi connectivity index (χ1n) is 6.07. The van der Waals surface area contributed by atoms with Crippen molar-refractivity contribution in [3.8, 4) is 5.75 Å². The van der Waals surface area contributed by atoms with Crippen LogP contribution in [0.15, 0.2) is 21.1 Å². The van der Waals surface area contributed by atoms with Crippen LogP contribution in [0.2, 0.25) is 0 Å². The molecule has 0 saturated heterocycles. The molecule has 0 amide bonds. The molecule has 0 atom stereocenters. The van der Waals surface area contributed by atoms with Gasteiger partial charge < -0.3 is 15.2 Å². The van der Waals surface area contributed by atoms with Crippen LogP contribution >= 0.6 is 31.9 Å². The van der Waals surface area contributed by atoms with E-state index in [-0.39, 0.29) is 6.42 Å². The van der Waals surface area contributed by atoms with Gasteiger partial charge in [-0.1, -0.05) is 22.9 Å². The van der Waals surface area contributed by atoms with Crippen molar-refractivity contribution in [1.82, 2.24) is 5.32 Å². The van der Waals surface area contributed by atoms with Crippen molar-refractivity contribution in [2.24, 2.45) is 0 Å². The van der Waals surface area contributed by atoms with Gasteiger partial charge in [0.1, 0.15) is 5.75 Å². The number of nitrogens with one attached hydrogen (secondary N) is 1. The Morgan fingerprint density at radius 1 is 1.42 bits per heavy atom. The maximum atomic E-state index is 10.4. The lowest BCUT2D eigenvalue weighted by Gasteiger charge is -2.14. The minimum Gasteiger partial charge on any atom is -0.492 e. The summed E-state index contributed by atoms with van der Waals surface area (Å²) in [6.07, 6.45) is 1.05. The third-order valence-electron chi connectivity index (χ3n) is 2.37. The van der Waals surface area contributed by atoms with Crippen LogP contribution in [0.4, 0.5) is 0 Å². The molecule has 6 heteroatoms. The Hall–Kier alpha value is -0.590. The standard InChI is InChI=1S/C13H17Br2NO3/c1-2-5-19-13-9(6-10(14)7-11(13)15)8-16-4-3-12(17)18/h6-7,16H,2-5,8H2,1H3,(H,17,18). The number of rotatable bonds is 8. The highest BCUT2D eigenvalue weighted by Crippen LogP contribution is 2.33. The van der Waals surface area contributed by atoms with Gasteiger partial charge in [0.2, 0.25) is 0 Å². The van der Waals surface area contributed by atoms with Crippen molar-refractivity contribution >= 4 is 37.8 Å². The summed E-state index contributed by atoms with van der Waals surface area (Å²) in [5.74, 6) is 0.0123. The molecule has 4 nitrogen and oxygen atoms in total. The fraction of sp³-hybridized carbons (Fsp3) is 0.462. The van der Waals surface area contributed by atoms with E-state index in [9.17, 15) is 4.79 Å². The van der Waals surface area contributed by atoms with Crippen molar-refractivity contribution in [3.05, 3.63) is 26.6 Å². The molecule has 0 radical (unpaired) electrons. The highest BCUT2D eigenvalue weighted by atomic mass is 79.9. The van der Waals surface area contributed by atoms with E-state index >= 15 is 0 Å². The summed E-state index contributed by atoms with van der Waals surface area (Å²) in [6.45, 7) is 3.72. The maximum Gasteiger partial charge on any atom is 0.304 e. The van der Waals surface area contributed by atoms with Crippen molar-refractivity contribution in [2.45, 2.75) is 26.3 Å². The number of benzene rings is 1. The summed E-state index contributed by atoms with van der Waals surface area (Å²) in [4.78, 5) is 10.4. The first kappa shape index (κ1) is 16.5. The average Bonchev–Trinajstić information content (AvgIpc) is 2.33. The van der Waals surface area contributed by atoms with Crippen LogP contribution in [0.25, 0.3) is 0 Å². The van der Waals surface area contributed by atoms with Crippen LogP contribution in [-0.2, 0) is 11.3 Å². The van der Waals surface area contributed by atoms with E-state index in [0.29, 0.717) is 19.7 Å². The van der Waals surface area contributed by atoms with E-state index in [1.807, 2.05) is 12.1 Å². The summed E-state index contributed by atoms with van der Waals surface area (Å²) < 4.78 is 7.58. The molecule has 0 aliphatic rings. The molecule has 0 bridgehead atoms. The molecule has 0 heterocycles. The second-order valence-electron chi connectivity index (χ2n) is 4.04. The number of hydrogen-bond donors (Lipinski definition) is 2. The highest BCUT2D eigenvalue weighted by molar-refractivity contribution is 9.11. The molecular formula is C13H17Br2NO3. The number of carboxylic acids is 1. The molecule has 106 valence electrons. The van der Waals surface area contributed by atoms with E-state index in [0.717, 1.165) is 26.7 Å². The van der Waals surface area contributed by atoms with E-state index < -0.39 is 5.97 Å². The molecule has 0 fully saturated rings. The molecular weight excluding hydrogens is 378 g/mol. The Morgan fingerprint density at radius 3 is 2.79 bits per heavy atom. The van der Waals surface area contributed by atoms with Crippen LogP contribution in [-0.4, -0.2) is 24.2 Å². The number of aliphatic carboxylic acids is 1. The Balaban J connectivity index is 2.70.